The van der Waals surface area contributed by atoms with E-state index in [1.165, 1.54) is 6.07 Å². The van der Waals surface area contributed by atoms with Crippen LogP contribution >= 0.6 is 0 Å². The van der Waals surface area contributed by atoms with Crippen LogP contribution in [0.5, 0.6) is 11.5 Å². The van der Waals surface area contributed by atoms with Gasteiger partial charge in [-0.05, 0) is 35.9 Å². The van der Waals surface area contributed by atoms with Crippen molar-refractivity contribution >= 4 is 11.4 Å². The summed E-state index contributed by atoms with van der Waals surface area (Å²) in [6.07, 6.45) is 0. The molecule has 7 heteroatoms. The number of hydrogen-bond acceptors (Lipinski definition) is 6. The fourth-order valence-corrected chi connectivity index (χ4v) is 2.68. The maximum absolute atomic E-state index is 11.1. The number of hydrazine groups is 1. The maximum atomic E-state index is 11.1. The Balaban J connectivity index is 1.62. The van der Waals surface area contributed by atoms with Crippen LogP contribution in [0.1, 0.15) is 11.1 Å². The number of para-hydroxylation sites is 2. The van der Waals surface area contributed by atoms with Crippen LogP contribution in [-0.2, 0) is 13.2 Å². The lowest BCUT2D eigenvalue weighted by molar-refractivity contribution is -0.385. The number of anilines is 1. The zero-order valence-corrected chi connectivity index (χ0v) is 15.4. The van der Waals surface area contributed by atoms with E-state index in [0.717, 1.165) is 11.3 Å². The maximum Gasteiger partial charge on any atom is 0.276 e. The summed E-state index contributed by atoms with van der Waals surface area (Å²) in [5, 5.41) is 11.1. The molecule has 28 heavy (non-hydrogen) atoms. The Kier molecular flexibility index (Phi) is 6.43. The SMILES string of the molecule is COc1cc(CNNc2ccccc2)ccc1OCc1ccccc1[N+](=O)[O-]. The first-order chi connectivity index (χ1) is 13.7. The van der Waals surface area contributed by atoms with Gasteiger partial charge in [0.05, 0.1) is 17.6 Å². The molecule has 0 aliphatic carbocycles. The molecule has 0 amide bonds. The van der Waals surface area contributed by atoms with E-state index in [-0.39, 0.29) is 12.3 Å². The van der Waals surface area contributed by atoms with Gasteiger partial charge in [0.15, 0.2) is 11.5 Å². The van der Waals surface area contributed by atoms with E-state index in [0.29, 0.717) is 23.6 Å². The molecular formula is C21H21N3O4. The monoisotopic (exact) mass is 379 g/mol. The van der Waals surface area contributed by atoms with Gasteiger partial charge in [-0.1, -0.05) is 36.4 Å². The van der Waals surface area contributed by atoms with Crippen LogP contribution in [0.4, 0.5) is 11.4 Å². The second-order valence-corrected chi connectivity index (χ2v) is 6.00. The van der Waals surface area contributed by atoms with Gasteiger partial charge in [0.25, 0.3) is 5.69 Å². The predicted molar refractivity (Wildman–Crippen MR) is 107 cm³/mol. The van der Waals surface area contributed by atoms with Crippen molar-refractivity contribution in [3.8, 4) is 11.5 Å². The molecule has 0 saturated carbocycles. The number of nitro groups is 1. The van der Waals surface area contributed by atoms with E-state index in [4.69, 9.17) is 9.47 Å². The highest BCUT2D eigenvalue weighted by molar-refractivity contribution is 5.45. The van der Waals surface area contributed by atoms with E-state index < -0.39 is 4.92 Å². The van der Waals surface area contributed by atoms with Crippen LogP contribution in [0.15, 0.2) is 72.8 Å². The van der Waals surface area contributed by atoms with E-state index in [1.807, 2.05) is 42.5 Å². The van der Waals surface area contributed by atoms with E-state index in [9.17, 15) is 10.1 Å². The zero-order chi connectivity index (χ0) is 19.8. The summed E-state index contributed by atoms with van der Waals surface area (Å²) >= 11 is 0. The fourth-order valence-electron chi connectivity index (χ4n) is 2.68. The molecule has 0 aliphatic rings. The van der Waals surface area contributed by atoms with Gasteiger partial charge in [-0.2, -0.15) is 0 Å². The third-order valence-corrected chi connectivity index (χ3v) is 4.10. The molecule has 0 heterocycles. The standard InChI is InChI=1S/C21H21N3O4/c1-27-21-13-16(14-22-23-18-8-3-2-4-9-18)11-12-20(21)28-15-17-7-5-6-10-19(17)24(25)26/h2-13,22-23H,14-15H2,1H3. The molecule has 3 aromatic carbocycles. The molecule has 7 nitrogen and oxygen atoms in total. The largest absolute Gasteiger partial charge is 0.493 e. The quantitative estimate of drug-likeness (QED) is 0.426. The Bertz CT molecular complexity index is 932. The second kappa shape index (κ2) is 9.38. The van der Waals surface area contributed by atoms with Gasteiger partial charge in [0, 0.05) is 18.3 Å². The van der Waals surface area contributed by atoms with Crippen LogP contribution in [-0.4, -0.2) is 12.0 Å². The van der Waals surface area contributed by atoms with Gasteiger partial charge in [-0.25, -0.2) is 5.43 Å². The summed E-state index contributed by atoms with van der Waals surface area (Å²) in [5.41, 5.74) is 8.78. The Morgan fingerprint density at radius 2 is 1.71 bits per heavy atom. The molecular weight excluding hydrogens is 358 g/mol. The first-order valence-corrected chi connectivity index (χ1v) is 8.73. The predicted octanol–water partition coefficient (Wildman–Crippen LogP) is 4.30. The number of nitro benzene ring substituents is 1. The topological polar surface area (TPSA) is 85.7 Å². The van der Waals surface area contributed by atoms with Crippen molar-refractivity contribution in [3.05, 3.63) is 94.0 Å². The van der Waals surface area contributed by atoms with Crippen molar-refractivity contribution in [2.75, 3.05) is 12.5 Å². The Hall–Kier alpha value is -3.58. The third-order valence-electron chi connectivity index (χ3n) is 4.10. The van der Waals surface area contributed by atoms with Crippen LogP contribution in [0.3, 0.4) is 0 Å². The molecule has 0 bridgehead atoms. The highest BCUT2D eigenvalue weighted by Gasteiger charge is 2.14. The molecule has 3 aromatic rings. The van der Waals surface area contributed by atoms with E-state index in [2.05, 4.69) is 10.9 Å². The van der Waals surface area contributed by atoms with E-state index >= 15 is 0 Å². The van der Waals surface area contributed by atoms with Crippen LogP contribution in [0, 0.1) is 10.1 Å². The van der Waals surface area contributed by atoms with Crippen molar-refractivity contribution in [1.82, 2.24) is 5.43 Å². The van der Waals surface area contributed by atoms with E-state index in [1.54, 1.807) is 31.4 Å². The number of methoxy groups -OCH3 is 1. The molecule has 144 valence electrons. The molecule has 0 saturated heterocycles. The Labute approximate surface area is 163 Å². The van der Waals surface area contributed by atoms with Gasteiger partial charge >= 0.3 is 0 Å². The van der Waals surface area contributed by atoms with Crippen LogP contribution in [0.25, 0.3) is 0 Å². The van der Waals surface area contributed by atoms with Gasteiger partial charge < -0.3 is 14.9 Å². The molecule has 0 aromatic heterocycles. The molecule has 0 unspecified atom stereocenters. The van der Waals surface area contributed by atoms with Gasteiger partial charge in [0.1, 0.15) is 6.61 Å². The average molecular weight is 379 g/mol. The lowest BCUT2D eigenvalue weighted by atomic mass is 10.2. The summed E-state index contributed by atoms with van der Waals surface area (Å²) in [4.78, 5) is 10.7. The highest BCUT2D eigenvalue weighted by Crippen LogP contribution is 2.30. The lowest BCUT2D eigenvalue weighted by Crippen LogP contribution is -2.20. The zero-order valence-electron chi connectivity index (χ0n) is 15.4. The molecule has 0 radical (unpaired) electrons. The lowest BCUT2D eigenvalue weighted by Gasteiger charge is -2.13. The summed E-state index contributed by atoms with van der Waals surface area (Å²) in [6, 6.07) is 21.9. The van der Waals surface area contributed by atoms with Crippen molar-refractivity contribution < 1.29 is 14.4 Å². The van der Waals surface area contributed by atoms with Crippen molar-refractivity contribution in [2.24, 2.45) is 0 Å². The number of ether oxygens (including phenoxy) is 2. The minimum Gasteiger partial charge on any atom is -0.493 e. The minimum atomic E-state index is -0.412. The van der Waals surface area contributed by atoms with Crippen molar-refractivity contribution in [1.29, 1.82) is 0 Å². The summed E-state index contributed by atoms with van der Waals surface area (Å²) in [6.45, 7) is 0.663. The Morgan fingerprint density at radius 1 is 0.964 bits per heavy atom. The summed E-state index contributed by atoms with van der Waals surface area (Å²) < 4.78 is 11.2. The summed E-state index contributed by atoms with van der Waals surface area (Å²) in [7, 11) is 1.56. The number of nitrogens with one attached hydrogen (secondary N) is 2. The molecule has 0 atom stereocenters. The first-order valence-electron chi connectivity index (χ1n) is 8.73. The fraction of sp³-hybridized carbons (Fsp3) is 0.143. The normalized spacial score (nSPS) is 10.3. The van der Waals surface area contributed by atoms with Crippen molar-refractivity contribution in [3.63, 3.8) is 0 Å². The smallest absolute Gasteiger partial charge is 0.276 e. The van der Waals surface area contributed by atoms with Crippen molar-refractivity contribution in [2.45, 2.75) is 13.2 Å². The molecule has 0 aliphatic heterocycles. The second-order valence-electron chi connectivity index (χ2n) is 6.00. The van der Waals surface area contributed by atoms with Crippen LogP contribution < -0.4 is 20.3 Å². The van der Waals surface area contributed by atoms with Gasteiger partial charge in [-0.15, -0.1) is 0 Å². The first kappa shape index (κ1) is 19.2. The number of nitrogens with zero attached hydrogens (tertiary/aromatic N) is 1. The third kappa shape index (κ3) is 4.99. The summed E-state index contributed by atoms with van der Waals surface area (Å²) in [5.74, 6) is 1.10. The molecule has 3 rings (SSSR count). The average Bonchev–Trinajstić information content (AvgIpc) is 2.73. The Morgan fingerprint density at radius 3 is 2.46 bits per heavy atom. The number of benzene rings is 3. The number of hydrogen-bond donors (Lipinski definition) is 2. The van der Waals surface area contributed by atoms with Gasteiger partial charge in [-0.3, -0.25) is 10.1 Å². The van der Waals surface area contributed by atoms with Gasteiger partial charge in [0.2, 0.25) is 0 Å². The highest BCUT2D eigenvalue weighted by atomic mass is 16.6. The molecule has 2 N–H and O–H groups in total. The molecule has 0 spiro atoms. The number of rotatable bonds is 9. The minimum absolute atomic E-state index is 0.0364. The van der Waals surface area contributed by atoms with Crippen LogP contribution in [0.2, 0.25) is 0 Å². The molecule has 0 fully saturated rings.